The SMILES string of the molecule is O=C(O)C(CCCOc1ccc(F)cc1)c1cccc(F)c1. The van der Waals surface area contributed by atoms with Crippen LogP contribution in [0.4, 0.5) is 8.78 Å². The maximum absolute atomic E-state index is 13.2. The van der Waals surface area contributed by atoms with E-state index < -0.39 is 17.7 Å². The van der Waals surface area contributed by atoms with Gasteiger partial charge < -0.3 is 9.84 Å². The van der Waals surface area contributed by atoms with Gasteiger partial charge in [0.2, 0.25) is 0 Å². The molecule has 0 aliphatic heterocycles. The van der Waals surface area contributed by atoms with Gasteiger partial charge in [0, 0.05) is 0 Å². The van der Waals surface area contributed by atoms with Crippen LogP contribution in [0.3, 0.4) is 0 Å². The van der Waals surface area contributed by atoms with Gasteiger partial charge in [-0.05, 0) is 54.8 Å². The Labute approximate surface area is 127 Å². The van der Waals surface area contributed by atoms with E-state index in [9.17, 15) is 18.7 Å². The van der Waals surface area contributed by atoms with Gasteiger partial charge in [-0.3, -0.25) is 4.79 Å². The van der Waals surface area contributed by atoms with E-state index in [-0.39, 0.29) is 5.82 Å². The molecule has 1 N–H and O–H groups in total. The van der Waals surface area contributed by atoms with E-state index in [2.05, 4.69) is 0 Å². The fourth-order valence-corrected chi connectivity index (χ4v) is 2.16. The van der Waals surface area contributed by atoms with Crippen LogP contribution >= 0.6 is 0 Å². The topological polar surface area (TPSA) is 46.5 Å². The molecule has 2 aromatic rings. The largest absolute Gasteiger partial charge is 0.494 e. The van der Waals surface area contributed by atoms with Crippen LogP contribution in [0.25, 0.3) is 0 Å². The van der Waals surface area contributed by atoms with Crippen molar-refractivity contribution in [3.8, 4) is 5.75 Å². The highest BCUT2D eigenvalue weighted by Gasteiger charge is 2.19. The molecule has 0 heterocycles. The van der Waals surface area contributed by atoms with Crippen LogP contribution in [-0.2, 0) is 4.79 Å². The van der Waals surface area contributed by atoms with Crippen LogP contribution in [0.5, 0.6) is 5.75 Å². The van der Waals surface area contributed by atoms with Crippen LogP contribution in [0.1, 0.15) is 24.3 Å². The summed E-state index contributed by atoms with van der Waals surface area (Å²) >= 11 is 0. The van der Waals surface area contributed by atoms with Crippen molar-refractivity contribution < 1.29 is 23.4 Å². The quantitative estimate of drug-likeness (QED) is 0.787. The number of hydrogen-bond acceptors (Lipinski definition) is 2. The van der Waals surface area contributed by atoms with Gasteiger partial charge in [0.05, 0.1) is 12.5 Å². The summed E-state index contributed by atoms with van der Waals surface area (Å²) < 4.78 is 31.3. The Bertz CT molecular complexity index is 626. The monoisotopic (exact) mass is 306 g/mol. The first-order valence-corrected chi connectivity index (χ1v) is 6.93. The Morgan fingerprint density at radius 3 is 2.45 bits per heavy atom. The molecule has 0 saturated heterocycles. The van der Waals surface area contributed by atoms with Crippen molar-refractivity contribution >= 4 is 5.97 Å². The minimum Gasteiger partial charge on any atom is -0.494 e. The molecule has 0 saturated carbocycles. The second kappa shape index (κ2) is 7.54. The lowest BCUT2D eigenvalue weighted by atomic mass is 9.94. The molecule has 22 heavy (non-hydrogen) atoms. The van der Waals surface area contributed by atoms with Crippen LogP contribution in [0.2, 0.25) is 0 Å². The Morgan fingerprint density at radius 2 is 1.82 bits per heavy atom. The summed E-state index contributed by atoms with van der Waals surface area (Å²) in [5.41, 5.74) is 0.439. The van der Waals surface area contributed by atoms with Crippen LogP contribution in [0, 0.1) is 11.6 Å². The third-order valence-corrected chi connectivity index (χ3v) is 3.27. The number of ether oxygens (including phenoxy) is 1. The fraction of sp³-hybridized carbons (Fsp3) is 0.235. The molecule has 0 fully saturated rings. The molecule has 1 atom stereocenters. The first-order valence-electron chi connectivity index (χ1n) is 6.93. The summed E-state index contributed by atoms with van der Waals surface area (Å²) in [6.07, 6.45) is 0.824. The summed E-state index contributed by atoms with van der Waals surface area (Å²) in [6.45, 7) is 0.310. The number of hydrogen-bond donors (Lipinski definition) is 1. The van der Waals surface area contributed by atoms with Gasteiger partial charge in [0.1, 0.15) is 17.4 Å². The van der Waals surface area contributed by atoms with Gasteiger partial charge in [0.15, 0.2) is 0 Å². The number of rotatable bonds is 7. The number of carboxylic acids is 1. The maximum Gasteiger partial charge on any atom is 0.310 e. The molecule has 2 aromatic carbocycles. The van der Waals surface area contributed by atoms with Gasteiger partial charge in [0.25, 0.3) is 0 Å². The summed E-state index contributed by atoms with van der Waals surface area (Å²) in [6, 6.07) is 11.2. The Kier molecular flexibility index (Phi) is 5.47. The smallest absolute Gasteiger partial charge is 0.310 e. The van der Waals surface area contributed by atoms with Gasteiger partial charge in [-0.2, -0.15) is 0 Å². The van der Waals surface area contributed by atoms with Crippen LogP contribution < -0.4 is 4.74 Å². The van der Waals surface area contributed by atoms with E-state index in [0.717, 1.165) is 0 Å². The zero-order valence-corrected chi connectivity index (χ0v) is 11.8. The highest BCUT2D eigenvalue weighted by Crippen LogP contribution is 2.22. The van der Waals surface area contributed by atoms with Crippen LogP contribution in [0.15, 0.2) is 48.5 Å². The number of aliphatic carboxylic acids is 1. The van der Waals surface area contributed by atoms with E-state index in [1.807, 2.05) is 0 Å². The Balaban J connectivity index is 1.87. The Morgan fingerprint density at radius 1 is 1.09 bits per heavy atom. The van der Waals surface area contributed by atoms with E-state index in [0.29, 0.717) is 30.8 Å². The van der Waals surface area contributed by atoms with Gasteiger partial charge in [-0.15, -0.1) is 0 Å². The van der Waals surface area contributed by atoms with Crippen molar-refractivity contribution in [1.29, 1.82) is 0 Å². The summed E-state index contributed by atoms with van der Waals surface area (Å²) in [7, 11) is 0. The third-order valence-electron chi connectivity index (χ3n) is 3.27. The highest BCUT2D eigenvalue weighted by atomic mass is 19.1. The molecule has 0 radical (unpaired) electrons. The lowest BCUT2D eigenvalue weighted by Gasteiger charge is -2.13. The first kappa shape index (κ1) is 15.9. The van der Waals surface area contributed by atoms with Crippen molar-refractivity contribution in [2.75, 3.05) is 6.61 Å². The predicted molar refractivity (Wildman–Crippen MR) is 77.9 cm³/mol. The molecule has 0 amide bonds. The van der Waals surface area contributed by atoms with E-state index >= 15 is 0 Å². The normalized spacial score (nSPS) is 11.9. The molecule has 0 aliphatic carbocycles. The molecule has 5 heteroatoms. The molecule has 0 bridgehead atoms. The van der Waals surface area contributed by atoms with Crippen LogP contribution in [-0.4, -0.2) is 17.7 Å². The molecular weight excluding hydrogens is 290 g/mol. The average molecular weight is 306 g/mol. The zero-order valence-electron chi connectivity index (χ0n) is 11.8. The van der Waals surface area contributed by atoms with E-state index in [4.69, 9.17) is 4.74 Å². The first-order chi connectivity index (χ1) is 10.6. The number of carboxylic acid groups (broad SMARTS) is 1. The Hall–Kier alpha value is -2.43. The second-order valence-corrected chi connectivity index (χ2v) is 4.89. The van der Waals surface area contributed by atoms with E-state index in [1.165, 1.54) is 42.5 Å². The molecule has 0 aliphatic rings. The van der Waals surface area contributed by atoms with E-state index in [1.54, 1.807) is 6.07 Å². The molecule has 0 spiro atoms. The number of benzene rings is 2. The molecule has 1 unspecified atom stereocenters. The molecule has 0 aromatic heterocycles. The molecule has 2 rings (SSSR count). The highest BCUT2D eigenvalue weighted by molar-refractivity contribution is 5.76. The number of halogens is 2. The molecule has 3 nitrogen and oxygen atoms in total. The van der Waals surface area contributed by atoms with Crippen molar-refractivity contribution in [2.45, 2.75) is 18.8 Å². The van der Waals surface area contributed by atoms with Crippen molar-refractivity contribution in [3.05, 3.63) is 65.7 Å². The van der Waals surface area contributed by atoms with Gasteiger partial charge in [-0.25, -0.2) is 8.78 Å². The predicted octanol–water partition coefficient (Wildman–Crippen LogP) is 3.99. The standard InChI is InChI=1S/C17H16F2O3/c18-13-6-8-15(9-7-13)22-10-2-5-16(17(20)21)12-3-1-4-14(19)11-12/h1,3-4,6-9,11,16H,2,5,10H2,(H,20,21). The summed E-state index contributed by atoms with van der Waals surface area (Å²) in [5.74, 6) is -2.03. The summed E-state index contributed by atoms with van der Waals surface area (Å²) in [4.78, 5) is 11.3. The van der Waals surface area contributed by atoms with Crippen molar-refractivity contribution in [3.63, 3.8) is 0 Å². The maximum atomic E-state index is 13.2. The lowest BCUT2D eigenvalue weighted by molar-refractivity contribution is -0.139. The minimum absolute atomic E-state index is 0.310. The second-order valence-electron chi connectivity index (χ2n) is 4.89. The fourth-order valence-electron chi connectivity index (χ4n) is 2.16. The average Bonchev–Trinajstić information content (AvgIpc) is 2.48. The summed E-state index contributed by atoms with van der Waals surface area (Å²) in [5, 5.41) is 9.26. The lowest BCUT2D eigenvalue weighted by Crippen LogP contribution is -2.13. The third kappa shape index (κ3) is 4.55. The van der Waals surface area contributed by atoms with Crippen molar-refractivity contribution in [2.24, 2.45) is 0 Å². The molecular formula is C17H16F2O3. The molecule has 116 valence electrons. The minimum atomic E-state index is -0.993. The van der Waals surface area contributed by atoms with Gasteiger partial charge >= 0.3 is 5.97 Å². The van der Waals surface area contributed by atoms with Gasteiger partial charge in [-0.1, -0.05) is 12.1 Å². The van der Waals surface area contributed by atoms with Crippen molar-refractivity contribution in [1.82, 2.24) is 0 Å². The zero-order chi connectivity index (χ0) is 15.9. The number of carbonyl (C=O) groups is 1.